The van der Waals surface area contributed by atoms with Crippen molar-refractivity contribution in [3.8, 4) is 5.75 Å². The first-order chi connectivity index (χ1) is 5.15. The molecule has 4 heteroatoms. The van der Waals surface area contributed by atoms with E-state index in [4.69, 9.17) is 4.74 Å². The Morgan fingerprint density at radius 2 is 2.00 bits per heavy atom. The normalized spacial score (nSPS) is 9.82. The third-order valence-corrected chi connectivity index (χ3v) is 2.23. The standard InChI is InChI=1S/C7H5F2IO/c1-11-6-3-4(8)2-5(9)7(6)10/h2-3H,1H3. The van der Waals surface area contributed by atoms with E-state index < -0.39 is 11.6 Å². The molecule has 0 unspecified atom stereocenters. The maximum absolute atomic E-state index is 12.7. The minimum Gasteiger partial charge on any atom is -0.495 e. The van der Waals surface area contributed by atoms with Gasteiger partial charge in [0.15, 0.2) is 0 Å². The molecule has 0 aromatic heterocycles. The van der Waals surface area contributed by atoms with Gasteiger partial charge in [-0.3, -0.25) is 0 Å². The van der Waals surface area contributed by atoms with Gasteiger partial charge in [0.25, 0.3) is 0 Å². The van der Waals surface area contributed by atoms with E-state index in [0.29, 0.717) is 3.57 Å². The van der Waals surface area contributed by atoms with Crippen LogP contribution in [-0.4, -0.2) is 7.11 Å². The average Bonchev–Trinajstić information content (AvgIpc) is 1.96. The first-order valence-corrected chi connectivity index (χ1v) is 3.91. The number of hydrogen-bond acceptors (Lipinski definition) is 1. The van der Waals surface area contributed by atoms with Crippen molar-refractivity contribution in [2.45, 2.75) is 0 Å². The molecule has 0 radical (unpaired) electrons. The Morgan fingerprint density at radius 3 is 2.55 bits per heavy atom. The van der Waals surface area contributed by atoms with Crippen LogP contribution in [-0.2, 0) is 0 Å². The number of rotatable bonds is 1. The number of benzene rings is 1. The van der Waals surface area contributed by atoms with Crippen molar-refractivity contribution in [3.05, 3.63) is 27.3 Å². The summed E-state index contributed by atoms with van der Waals surface area (Å²) in [5.74, 6) is -0.995. The molecule has 1 nitrogen and oxygen atoms in total. The molecule has 0 aliphatic heterocycles. The van der Waals surface area contributed by atoms with E-state index in [0.717, 1.165) is 12.1 Å². The minimum atomic E-state index is -0.625. The zero-order chi connectivity index (χ0) is 8.43. The molecule has 1 aromatic carbocycles. The molecule has 0 bridgehead atoms. The molecule has 1 rings (SSSR count). The Balaban J connectivity index is 3.24. The fourth-order valence-electron chi connectivity index (χ4n) is 0.681. The van der Waals surface area contributed by atoms with Crippen molar-refractivity contribution in [1.82, 2.24) is 0 Å². The van der Waals surface area contributed by atoms with Crippen LogP contribution in [0.25, 0.3) is 0 Å². The summed E-state index contributed by atoms with van der Waals surface area (Å²) in [4.78, 5) is 0. The van der Waals surface area contributed by atoms with E-state index in [1.807, 2.05) is 0 Å². The first-order valence-electron chi connectivity index (χ1n) is 2.83. The highest BCUT2D eigenvalue weighted by Crippen LogP contribution is 2.24. The molecule has 0 amide bonds. The van der Waals surface area contributed by atoms with Crippen molar-refractivity contribution in [2.75, 3.05) is 7.11 Å². The molecule has 0 heterocycles. The first kappa shape index (κ1) is 8.70. The molecular formula is C7H5F2IO. The topological polar surface area (TPSA) is 9.23 Å². The van der Waals surface area contributed by atoms with E-state index in [1.54, 1.807) is 22.6 Å². The van der Waals surface area contributed by atoms with E-state index >= 15 is 0 Å². The summed E-state index contributed by atoms with van der Waals surface area (Å²) in [7, 11) is 1.37. The van der Waals surface area contributed by atoms with Gasteiger partial charge in [-0.15, -0.1) is 0 Å². The number of hydrogen-bond donors (Lipinski definition) is 0. The monoisotopic (exact) mass is 270 g/mol. The largest absolute Gasteiger partial charge is 0.495 e. The SMILES string of the molecule is COc1cc(F)cc(F)c1I. The summed E-state index contributed by atoms with van der Waals surface area (Å²) in [6.07, 6.45) is 0. The molecule has 0 spiro atoms. The highest BCUT2D eigenvalue weighted by molar-refractivity contribution is 14.1. The summed E-state index contributed by atoms with van der Waals surface area (Å²) < 4.78 is 30.2. The second kappa shape index (κ2) is 3.34. The Labute approximate surface area is 76.5 Å². The van der Waals surface area contributed by atoms with Crippen LogP contribution >= 0.6 is 22.6 Å². The zero-order valence-electron chi connectivity index (χ0n) is 5.70. The lowest BCUT2D eigenvalue weighted by Crippen LogP contribution is -1.91. The van der Waals surface area contributed by atoms with Gasteiger partial charge in [0, 0.05) is 12.1 Å². The summed E-state index contributed by atoms with van der Waals surface area (Å²) >= 11 is 1.75. The van der Waals surface area contributed by atoms with E-state index in [2.05, 4.69) is 0 Å². The van der Waals surface area contributed by atoms with Crippen molar-refractivity contribution in [1.29, 1.82) is 0 Å². The van der Waals surface area contributed by atoms with E-state index in [9.17, 15) is 8.78 Å². The van der Waals surface area contributed by atoms with Crippen LogP contribution in [0.15, 0.2) is 12.1 Å². The van der Waals surface area contributed by atoms with Crippen LogP contribution in [0.2, 0.25) is 0 Å². The molecule has 0 saturated heterocycles. The van der Waals surface area contributed by atoms with Gasteiger partial charge in [-0.2, -0.15) is 0 Å². The van der Waals surface area contributed by atoms with Gasteiger partial charge in [0.2, 0.25) is 0 Å². The molecule has 11 heavy (non-hydrogen) atoms. The third kappa shape index (κ3) is 1.79. The lowest BCUT2D eigenvalue weighted by atomic mass is 10.3. The molecule has 0 N–H and O–H groups in total. The van der Waals surface area contributed by atoms with Crippen molar-refractivity contribution in [3.63, 3.8) is 0 Å². The molecule has 1 aromatic rings. The summed E-state index contributed by atoms with van der Waals surface area (Å²) in [5.41, 5.74) is 0. The molecule has 0 atom stereocenters. The lowest BCUT2D eigenvalue weighted by molar-refractivity contribution is 0.402. The van der Waals surface area contributed by atoms with Gasteiger partial charge in [-0.25, -0.2) is 8.78 Å². The molecule has 0 aliphatic rings. The molecule has 0 aliphatic carbocycles. The van der Waals surface area contributed by atoms with Crippen LogP contribution in [0.1, 0.15) is 0 Å². The van der Waals surface area contributed by atoms with Crippen molar-refractivity contribution in [2.24, 2.45) is 0 Å². The Hall–Kier alpha value is -0.390. The molecule has 0 fully saturated rings. The predicted octanol–water partition coefficient (Wildman–Crippen LogP) is 2.58. The van der Waals surface area contributed by atoms with Crippen LogP contribution in [0.3, 0.4) is 0 Å². The summed E-state index contributed by atoms with van der Waals surface area (Å²) in [5, 5.41) is 0. The number of ether oxygens (including phenoxy) is 1. The Kier molecular flexibility index (Phi) is 2.64. The highest BCUT2D eigenvalue weighted by Gasteiger charge is 2.07. The average molecular weight is 270 g/mol. The summed E-state index contributed by atoms with van der Waals surface area (Å²) in [6.45, 7) is 0. The molecular weight excluding hydrogens is 265 g/mol. The second-order valence-corrected chi connectivity index (χ2v) is 2.98. The fraction of sp³-hybridized carbons (Fsp3) is 0.143. The van der Waals surface area contributed by atoms with Crippen molar-refractivity contribution >= 4 is 22.6 Å². The number of halogens is 3. The number of methoxy groups -OCH3 is 1. The Bertz CT molecular complexity index is 275. The fourth-order valence-corrected chi connectivity index (χ4v) is 1.21. The summed E-state index contributed by atoms with van der Waals surface area (Å²) in [6, 6.07) is 1.97. The van der Waals surface area contributed by atoms with Crippen LogP contribution in [0.5, 0.6) is 5.75 Å². The van der Waals surface area contributed by atoms with Crippen LogP contribution in [0, 0.1) is 15.2 Å². The Morgan fingerprint density at radius 1 is 1.36 bits per heavy atom. The van der Waals surface area contributed by atoms with Crippen LogP contribution < -0.4 is 4.74 Å². The van der Waals surface area contributed by atoms with Gasteiger partial charge in [0.05, 0.1) is 10.7 Å². The van der Waals surface area contributed by atoms with Gasteiger partial charge in [-0.05, 0) is 22.6 Å². The maximum atomic E-state index is 12.7. The van der Waals surface area contributed by atoms with Crippen LogP contribution in [0.4, 0.5) is 8.78 Å². The maximum Gasteiger partial charge on any atom is 0.143 e. The zero-order valence-corrected chi connectivity index (χ0v) is 7.85. The molecule has 60 valence electrons. The quantitative estimate of drug-likeness (QED) is 0.563. The van der Waals surface area contributed by atoms with E-state index in [1.165, 1.54) is 7.11 Å². The smallest absolute Gasteiger partial charge is 0.143 e. The van der Waals surface area contributed by atoms with Gasteiger partial charge >= 0.3 is 0 Å². The lowest BCUT2D eigenvalue weighted by Gasteiger charge is -2.02. The minimum absolute atomic E-state index is 0.225. The third-order valence-electron chi connectivity index (χ3n) is 1.18. The van der Waals surface area contributed by atoms with Gasteiger partial charge < -0.3 is 4.74 Å². The highest BCUT2D eigenvalue weighted by atomic mass is 127. The van der Waals surface area contributed by atoms with E-state index in [-0.39, 0.29) is 5.75 Å². The molecule has 0 saturated carbocycles. The van der Waals surface area contributed by atoms with Gasteiger partial charge in [-0.1, -0.05) is 0 Å². The predicted molar refractivity (Wildman–Crippen MR) is 45.6 cm³/mol. The second-order valence-electron chi connectivity index (χ2n) is 1.90. The van der Waals surface area contributed by atoms with Crippen molar-refractivity contribution < 1.29 is 13.5 Å². The van der Waals surface area contributed by atoms with Gasteiger partial charge in [0.1, 0.15) is 17.4 Å².